The predicted molar refractivity (Wildman–Crippen MR) is 111 cm³/mol. The van der Waals surface area contributed by atoms with Crippen molar-refractivity contribution >= 4 is 0 Å². The van der Waals surface area contributed by atoms with Crippen molar-refractivity contribution in [3.05, 3.63) is 11.6 Å². The van der Waals surface area contributed by atoms with Crippen molar-refractivity contribution < 1.29 is 14.2 Å². The highest BCUT2D eigenvalue weighted by atomic mass is 19.1. The van der Waals surface area contributed by atoms with Crippen LogP contribution in [0.25, 0.3) is 0 Å². The average Bonchev–Trinajstić information content (AvgIpc) is 3.04. The summed E-state index contributed by atoms with van der Waals surface area (Å²) in [5, 5.41) is 26.7. The fourth-order valence-corrected chi connectivity index (χ4v) is 5.66. The van der Waals surface area contributed by atoms with Gasteiger partial charge in [-0.25, -0.2) is 4.39 Å². The third kappa shape index (κ3) is 4.84. The van der Waals surface area contributed by atoms with Gasteiger partial charge in [-0.3, -0.25) is 16.0 Å². The lowest BCUT2D eigenvalue weighted by Gasteiger charge is -2.45. The van der Waals surface area contributed by atoms with Crippen molar-refractivity contribution in [1.29, 1.82) is 0 Å². The molecule has 29 heavy (non-hydrogen) atoms. The standard InChI is InChI=1S/C21H38FN5O2/c1-12-9-17(23-2)27-21(25-12)26-16-10-14-6-8-29-20(14)18(19(16)22)13-3-4-15(11-28)24-7-5-13/h5,12,14-21,23-28H,3-4,6-11H2,1-2H3/t12?,14?,15-,16?,17?,18?,19?,20?,21?/m0/s1. The highest BCUT2D eigenvalue weighted by Gasteiger charge is 2.49. The molecular formula is C21H38FN5O2. The van der Waals surface area contributed by atoms with Crippen LogP contribution in [-0.2, 0) is 4.74 Å². The summed E-state index contributed by atoms with van der Waals surface area (Å²) in [5.41, 5.74) is 1.16. The van der Waals surface area contributed by atoms with Crippen LogP contribution in [0.5, 0.6) is 0 Å². The number of nitrogens with one attached hydrogen (secondary N) is 5. The van der Waals surface area contributed by atoms with Crippen LogP contribution < -0.4 is 26.6 Å². The Kier molecular flexibility index (Phi) is 7.22. The Hall–Kier alpha value is -0.610. The molecule has 1 aliphatic carbocycles. The van der Waals surface area contributed by atoms with E-state index in [9.17, 15) is 5.11 Å². The van der Waals surface area contributed by atoms with Crippen LogP contribution in [0.3, 0.4) is 0 Å². The lowest BCUT2D eigenvalue weighted by Crippen LogP contribution is -2.69. The molecule has 0 spiro atoms. The summed E-state index contributed by atoms with van der Waals surface area (Å²) < 4.78 is 22.0. The molecule has 8 heteroatoms. The van der Waals surface area contributed by atoms with Gasteiger partial charge >= 0.3 is 0 Å². The summed E-state index contributed by atoms with van der Waals surface area (Å²) in [6.07, 6.45) is 5.73. The van der Waals surface area contributed by atoms with Crippen molar-refractivity contribution in [2.24, 2.45) is 11.8 Å². The molecule has 0 bridgehead atoms. The zero-order valence-corrected chi connectivity index (χ0v) is 17.7. The first-order valence-electron chi connectivity index (χ1n) is 11.3. The van der Waals surface area contributed by atoms with Crippen molar-refractivity contribution in [3.63, 3.8) is 0 Å². The van der Waals surface area contributed by atoms with E-state index in [4.69, 9.17) is 4.74 Å². The Balaban J connectivity index is 1.47. The molecule has 1 saturated carbocycles. The first-order chi connectivity index (χ1) is 14.1. The van der Waals surface area contributed by atoms with Crippen LogP contribution in [0.1, 0.15) is 39.0 Å². The summed E-state index contributed by atoms with van der Waals surface area (Å²) in [6.45, 7) is 3.71. The maximum Gasteiger partial charge on any atom is 0.124 e. The first kappa shape index (κ1) is 21.6. The summed E-state index contributed by atoms with van der Waals surface area (Å²) in [6, 6.07) is 0.244. The second kappa shape index (κ2) is 9.68. The van der Waals surface area contributed by atoms with Gasteiger partial charge < -0.3 is 20.5 Å². The van der Waals surface area contributed by atoms with E-state index in [1.165, 1.54) is 0 Å². The Morgan fingerprint density at radius 2 is 2.14 bits per heavy atom. The molecule has 3 fully saturated rings. The number of aliphatic hydroxyl groups is 1. The largest absolute Gasteiger partial charge is 0.395 e. The molecule has 166 valence electrons. The summed E-state index contributed by atoms with van der Waals surface area (Å²) in [7, 11) is 1.95. The number of rotatable bonds is 5. The normalized spacial score (nSPS) is 46.1. The topological polar surface area (TPSA) is 89.6 Å². The maximum atomic E-state index is 16.0. The third-order valence-electron chi connectivity index (χ3n) is 7.24. The smallest absolute Gasteiger partial charge is 0.124 e. The van der Waals surface area contributed by atoms with Gasteiger partial charge in [0, 0.05) is 37.2 Å². The molecule has 7 nitrogen and oxygen atoms in total. The van der Waals surface area contributed by atoms with Gasteiger partial charge in [0.1, 0.15) is 12.5 Å². The lowest BCUT2D eigenvalue weighted by molar-refractivity contribution is -0.0263. The van der Waals surface area contributed by atoms with Gasteiger partial charge in [0.15, 0.2) is 0 Å². The molecule has 0 aromatic heterocycles. The number of aliphatic hydroxyl groups excluding tert-OH is 1. The molecule has 0 aromatic carbocycles. The number of ether oxygens (including phenoxy) is 1. The zero-order valence-electron chi connectivity index (χ0n) is 17.7. The van der Waals surface area contributed by atoms with Crippen molar-refractivity contribution in [3.8, 4) is 0 Å². The van der Waals surface area contributed by atoms with Crippen molar-refractivity contribution in [1.82, 2.24) is 26.6 Å². The second-order valence-corrected chi connectivity index (χ2v) is 9.21. The van der Waals surface area contributed by atoms with Gasteiger partial charge in [-0.1, -0.05) is 11.6 Å². The number of hydrogen-bond acceptors (Lipinski definition) is 7. The molecule has 4 aliphatic rings. The van der Waals surface area contributed by atoms with Gasteiger partial charge in [0.05, 0.1) is 18.9 Å². The fourth-order valence-electron chi connectivity index (χ4n) is 5.66. The Morgan fingerprint density at radius 3 is 2.93 bits per heavy atom. The van der Waals surface area contributed by atoms with Gasteiger partial charge in [-0.2, -0.15) is 0 Å². The van der Waals surface area contributed by atoms with Crippen LogP contribution in [0.15, 0.2) is 11.6 Å². The van der Waals surface area contributed by atoms with Crippen molar-refractivity contribution in [2.75, 3.05) is 26.8 Å². The lowest BCUT2D eigenvalue weighted by atomic mass is 9.70. The van der Waals surface area contributed by atoms with Gasteiger partial charge in [0.2, 0.25) is 0 Å². The summed E-state index contributed by atoms with van der Waals surface area (Å²) in [4.78, 5) is 0. The molecule has 9 atom stereocenters. The van der Waals surface area contributed by atoms with E-state index in [0.717, 1.165) is 44.3 Å². The maximum absolute atomic E-state index is 16.0. The van der Waals surface area contributed by atoms with E-state index in [-0.39, 0.29) is 43.2 Å². The molecule has 3 heterocycles. The molecule has 6 N–H and O–H groups in total. The quantitative estimate of drug-likeness (QED) is 0.360. The van der Waals surface area contributed by atoms with Crippen LogP contribution in [0.4, 0.5) is 4.39 Å². The van der Waals surface area contributed by atoms with Crippen molar-refractivity contribution in [2.45, 2.75) is 81.9 Å². The van der Waals surface area contributed by atoms with E-state index < -0.39 is 6.17 Å². The van der Waals surface area contributed by atoms with Crippen LogP contribution >= 0.6 is 0 Å². The van der Waals surface area contributed by atoms with E-state index >= 15 is 4.39 Å². The zero-order chi connectivity index (χ0) is 20.4. The molecule has 8 unspecified atom stereocenters. The van der Waals surface area contributed by atoms with E-state index in [2.05, 4.69) is 39.6 Å². The van der Waals surface area contributed by atoms with Gasteiger partial charge in [-0.05, 0) is 52.0 Å². The average molecular weight is 412 g/mol. The molecule has 0 amide bonds. The summed E-state index contributed by atoms with van der Waals surface area (Å²) >= 11 is 0. The number of halogens is 1. The highest BCUT2D eigenvalue weighted by molar-refractivity contribution is 5.19. The molecule has 2 saturated heterocycles. The Bertz CT molecular complexity index is 579. The Morgan fingerprint density at radius 1 is 1.28 bits per heavy atom. The van der Waals surface area contributed by atoms with Crippen LogP contribution in [0, 0.1) is 11.8 Å². The van der Waals surface area contributed by atoms with Gasteiger partial charge in [-0.15, -0.1) is 0 Å². The highest BCUT2D eigenvalue weighted by Crippen LogP contribution is 2.44. The van der Waals surface area contributed by atoms with E-state index in [1.807, 2.05) is 7.05 Å². The Labute approximate surface area is 173 Å². The first-order valence-corrected chi connectivity index (χ1v) is 11.3. The minimum atomic E-state index is -0.986. The minimum absolute atomic E-state index is 0.0174. The number of alkyl halides is 1. The number of fused-ring (bicyclic) bond motifs is 1. The van der Waals surface area contributed by atoms with Gasteiger partial charge in [0.25, 0.3) is 0 Å². The number of hydrogen-bond donors (Lipinski definition) is 6. The second-order valence-electron chi connectivity index (χ2n) is 9.21. The van der Waals surface area contributed by atoms with E-state index in [0.29, 0.717) is 18.5 Å². The molecule has 0 radical (unpaired) electrons. The monoisotopic (exact) mass is 411 g/mol. The molecule has 0 aromatic rings. The predicted octanol–water partition coefficient (Wildman–Crippen LogP) is 0.179. The summed E-state index contributed by atoms with van der Waals surface area (Å²) in [5.74, 6) is 0.200. The molecular weight excluding hydrogens is 373 g/mol. The molecule has 4 rings (SSSR count). The van der Waals surface area contributed by atoms with E-state index in [1.54, 1.807) is 0 Å². The van der Waals surface area contributed by atoms with Crippen LogP contribution in [-0.4, -0.2) is 74.8 Å². The van der Waals surface area contributed by atoms with Crippen LogP contribution in [0.2, 0.25) is 0 Å². The minimum Gasteiger partial charge on any atom is -0.395 e. The SMILES string of the molecule is CNC1CC(C)NC(NC2CC3CCOC3C(C3=CCN[C@H](CO)CC3)C2F)N1. The third-order valence-corrected chi connectivity index (χ3v) is 7.24. The fraction of sp³-hybridized carbons (Fsp3) is 0.905. The molecule has 3 aliphatic heterocycles.